The summed E-state index contributed by atoms with van der Waals surface area (Å²) in [6.07, 6.45) is 0. The molecule has 2 nitrogen and oxygen atoms in total. The van der Waals surface area contributed by atoms with Crippen LogP contribution < -0.4 is 10.6 Å². The fraction of sp³-hybridized carbons (Fsp3) is 0.550. The fourth-order valence-corrected chi connectivity index (χ4v) is 11.6. The van der Waals surface area contributed by atoms with Crippen LogP contribution in [0, 0.1) is 13.8 Å². The zero-order chi connectivity index (χ0) is 62.0. The summed E-state index contributed by atoms with van der Waals surface area (Å²) < 4.78 is 0. The maximum atomic E-state index is 4.27. The third-order valence-corrected chi connectivity index (χ3v) is 18.0. The van der Waals surface area contributed by atoms with E-state index in [0.717, 1.165) is 13.1 Å². The SMILES string of the molecule is Cc1cc(C(C)c2cc(C(C)(C)C)cc(C(C)(C)C)c2)c(NCCNc2c(C(C)c3cc(C(C)(C)C)cc(C(C)(C)C)c3)cc(C)cc2[C@@H](C)c2cc(C(C)(C)C)cc(C(C)(C)C)c2)c(C(C)c2cc(C(C)(C)C)cc(C(C)(C)C)c2)c1. The van der Waals surface area contributed by atoms with Crippen molar-refractivity contribution in [2.45, 2.75) is 275 Å². The Bertz CT molecular complexity index is 2670. The Labute approximate surface area is 504 Å². The van der Waals surface area contributed by atoms with Crippen molar-refractivity contribution in [1.29, 1.82) is 0 Å². The summed E-state index contributed by atoms with van der Waals surface area (Å²) >= 11 is 0. The minimum Gasteiger partial charge on any atom is -0.383 e. The summed E-state index contributed by atoms with van der Waals surface area (Å²) in [6, 6.07) is 39.8. The van der Waals surface area contributed by atoms with Crippen LogP contribution in [0.25, 0.3) is 0 Å². The molecule has 446 valence electrons. The van der Waals surface area contributed by atoms with Gasteiger partial charge in [-0.3, -0.25) is 0 Å². The van der Waals surface area contributed by atoms with Gasteiger partial charge in [-0.25, -0.2) is 0 Å². The minimum absolute atomic E-state index is 0.00874. The Balaban J connectivity index is 1.58. The molecule has 0 aliphatic rings. The van der Waals surface area contributed by atoms with Crippen LogP contribution in [0.2, 0.25) is 0 Å². The molecule has 0 amide bonds. The van der Waals surface area contributed by atoms with E-state index in [9.17, 15) is 0 Å². The van der Waals surface area contributed by atoms with Crippen LogP contribution in [0.15, 0.2) is 97.1 Å². The predicted molar refractivity (Wildman–Crippen MR) is 365 cm³/mol. The van der Waals surface area contributed by atoms with E-state index in [2.05, 4.69) is 315 Å². The van der Waals surface area contributed by atoms with E-state index in [4.69, 9.17) is 0 Å². The van der Waals surface area contributed by atoms with Crippen molar-refractivity contribution in [1.82, 2.24) is 0 Å². The first-order chi connectivity index (χ1) is 37.2. The molecule has 3 unspecified atom stereocenters. The number of nitrogens with one attached hydrogen (secondary N) is 2. The van der Waals surface area contributed by atoms with E-state index in [1.54, 1.807) is 0 Å². The summed E-state index contributed by atoms with van der Waals surface area (Å²) in [6.45, 7) is 72.5. The van der Waals surface area contributed by atoms with E-state index in [-0.39, 0.29) is 67.0 Å². The monoisotopic (exact) mass is 1100 g/mol. The highest BCUT2D eigenvalue weighted by molar-refractivity contribution is 5.68. The van der Waals surface area contributed by atoms with Crippen molar-refractivity contribution in [3.63, 3.8) is 0 Å². The number of hydrogen-bond donors (Lipinski definition) is 2. The molecular formula is C80H116N2. The highest BCUT2D eigenvalue weighted by Gasteiger charge is 2.31. The van der Waals surface area contributed by atoms with Gasteiger partial charge in [-0.15, -0.1) is 0 Å². The van der Waals surface area contributed by atoms with Gasteiger partial charge in [0.1, 0.15) is 0 Å². The molecule has 2 heteroatoms. The van der Waals surface area contributed by atoms with E-state index < -0.39 is 0 Å². The van der Waals surface area contributed by atoms with Crippen LogP contribution in [0.1, 0.15) is 318 Å². The summed E-state index contributed by atoms with van der Waals surface area (Å²) in [7, 11) is 0. The third-order valence-electron chi connectivity index (χ3n) is 18.0. The maximum absolute atomic E-state index is 4.27. The smallest absolute Gasteiger partial charge is 0.0418 e. The minimum atomic E-state index is 0.00874. The van der Waals surface area contributed by atoms with Crippen LogP contribution in [0.4, 0.5) is 11.4 Å². The van der Waals surface area contributed by atoms with E-state index in [1.165, 1.54) is 112 Å². The maximum Gasteiger partial charge on any atom is 0.0418 e. The second kappa shape index (κ2) is 23.4. The van der Waals surface area contributed by atoms with Crippen LogP contribution in [-0.4, -0.2) is 13.1 Å². The topological polar surface area (TPSA) is 24.1 Å². The average Bonchev–Trinajstić information content (AvgIpc) is 3.46. The zero-order valence-corrected chi connectivity index (χ0v) is 58.0. The first-order valence-corrected chi connectivity index (χ1v) is 31.6. The summed E-state index contributed by atoms with van der Waals surface area (Å²) in [5, 5.41) is 8.53. The van der Waals surface area contributed by atoms with Gasteiger partial charge in [-0.2, -0.15) is 0 Å². The highest BCUT2D eigenvalue weighted by atomic mass is 15.0. The largest absolute Gasteiger partial charge is 0.383 e. The fourth-order valence-electron chi connectivity index (χ4n) is 11.6. The molecule has 0 fully saturated rings. The number of rotatable bonds is 13. The van der Waals surface area contributed by atoms with Crippen molar-refractivity contribution >= 4 is 11.4 Å². The van der Waals surface area contributed by atoms with E-state index in [1.807, 2.05) is 0 Å². The van der Waals surface area contributed by atoms with Gasteiger partial charge in [-0.05, 0) is 146 Å². The molecule has 0 saturated heterocycles. The average molecular weight is 1110 g/mol. The van der Waals surface area contributed by atoms with Gasteiger partial charge in [0.15, 0.2) is 0 Å². The summed E-state index contributed by atoms with van der Waals surface area (Å²) in [5.41, 5.74) is 27.3. The standard InChI is InChI=1S/C80H116N2/c1-49-33-67(51(3)55-37-59(73(7,8)9)45-60(38-55)74(10,11)12)71(68(34-49)52(4)56-39-61(75(13,14)15)46-62(40-56)76(16,17)18)81-31-32-82-72-69(53(5)57-41-63(77(19,20)21)47-64(42-57)78(22,23)24)35-50(2)36-70(72)54(6)58-43-65(79(25,26)27)48-66(44-58)80(28,29)30/h33-48,51-54,81-82H,31-32H2,1-30H3/t51-,52?,53?,54?/m0/s1. The molecule has 6 aromatic rings. The van der Waals surface area contributed by atoms with Crippen molar-refractivity contribution < 1.29 is 0 Å². The first kappa shape index (κ1) is 66.1. The van der Waals surface area contributed by atoms with Crippen LogP contribution in [0.3, 0.4) is 0 Å². The zero-order valence-electron chi connectivity index (χ0n) is 58.0. The Kier molecular flexibility index (Phi) is 18.9. The Morgan fingerprint density at radius 3 is 0.524 bits per heavy atom. The quantitative estimate of drug-likeness (QED) is 0.113. The van der Waals surface area contributed by atoms with Gasteiger partial charge in [0.25, 0.3) is 0 Å². The third kappa shape index (κ3) is 15.6. The molecule has 0 radical (unpaired) electrons. The predicted octanol–water partition coefficient (Wildman–Crippen LogP) is 22.8. The van der Waals surface area contributed by atoms with Crippen molar-refractivity contribution in [2.24, 2.45) is 0 Å². The number of anilines is 2. The molecule has 0 heterocycles. The molecule has 4 atom stereocenters. The van der Waals surface area contributed by atoms with Crippen LogP contribution in [-0.2, 0) is 43.3 Å². The molecule has 0 bridgehead atoms. The molecular weight excluding hydrogens is 989 g/mol. The van der Waals surface area contributed by atoms with Crippen molar-refractivity contribution in [3.8, 4) is 0 Å². The number of hydrogen-bond acceptors (Lipinski definition) is 2. The first-order valence-electron chi connectivity index (χ1n) is 31.6. The molecule has 2 N–H and O–H groups in total. The lowest BCUT2D eigenvalue weighted by molar-refractivity contribution is 0.565. The molecule has 0 aliphatic carbocycles. The van der Waals surface area contributed by atoms with E-state index in [0.29, 0.717) is 0 Å². The molecule has 0 aliphatic heterocycles. The Morgan fingerprint density at radius 1 is 0.244 bits per heavy atom. The lowest BCUT2D eigenvalue weighted by Crippen LogP contribution is -2.21. The highest BCUT2D eigenvalue weighted by Crippen LogP contribution is 2.46. The molecule has 6 rings (SSSR count). The molecule has 82 heavy (non-hydrogen) atoms. The van der Waals surface area contributed by atoms with Crippen LogP contribution >= 0.6 is 0 Å². The Hall–Kier alpha value is -5.08. The molecule has 0 aromatic heterocycles. The second-order valence-electron chi connectivity index (χ2n) is 33.8. The number of benzene rings is 6. The van der Waals surface area contributed by atoms with Crippen molar-refractivity contribution in [2.75, 3.05) is 23.7 Å². The molecule has 0 spiro atoms. The van der Waals surface area contributed by atoms with Gasteiger partial charge in [-0.1, -0.05) is 302 Å². The van der Waals surface area contributed by atoms with Crippen LogP contribution in [0.5, 0.6) is 0 Å². The summed E-state index contributed by atoms with van der Waals surface area (Å²) in [4.78, 5) is 0. The molecule has 6 aromatic carbocycles. The summed E-state index contributed by atoms with van der Waals surface area (Å²) in [5.74, 6) is 0.542. The van der Waals surface area contributed by atoms with Gasteiger partial charge < -0.3 is 10.6 Å². The number of aryl methyl sites for hydroxylation is 2. The van der Waals surface area contributed by atoms with Gasteiger partial charge in [0.2, 0.25) is 0 Å². The van der Waals surface area contributed by atoms with Crippen molar-refractivity contribution in [3.05, 3.63) is 197 Å². The van der Waals surface area contributed by atoms with Gasteiger partial charge >= 0.3 is 0 Å². The van der Waals surface area contributed by atoms with Gasteiger partial charge in [0, 0.05) is 48.1 Å². The molecule has 0 saturated carbocycles. The lowest BCUT2D eigenvalue weighted by atomic mass is 9.76. The van der Waals surface area contributed by atoms with Gasteiger partial charge in [0.05, 0.1) is 0 Å². The van der Waals surface area contributed by atoms with E-state index >= 15 is 0 Å². The normalized spacial score (nSPS) is 14.9. The lowest BCUT2D eigenvalue weighted by Gasteiger charge is -2.31. The second-order valence-corrected chi connectivity index (χ2v) is 33.8. The Morgan fingerprint density at radius 2 is 0.390 bits per heavy atom.